The van der Waals surface area contributed by atoms with E-state index in [9.17, 15) is 4.79 Å². The van der Waals surface area contributed by atoms with Crippen molar-refractivity contribution < 1.29 is 9.90 Å². The Morgan fingerprint density at radius 3 is 2.55 bits per heavy atom. The van der Waals surface area contributed by atoms with Crippen molar-refractivity contribution in [2.24, 2.45) is 0 Å². The quantitative estimate of drug-likeness (QED) is 0.676. The highest BCUT2D eigenvalue weighted by Crippen LogP contribution is 2.48. The van der Waals surface area contributed by atoms with E-state index in [1.165, 1.54) is 11.1 Å². The molecule has 1 aromatic carbocycles. The minimum atomic E-state index is -0.793. The van der Waals surface area contributed by atoms with Crippen molar-refractivity contribution in [2.45, 2.75) is 50.9 Å². The predicted octanol–water partition coefficient (Wildman–Crippen LogP) is 2.89. The van der Waals surface area contributed by atoms with Crippen molar-refractivity contribution in [3.8, 4) is 0 Å². The summed E-state index contributed by atoms with van der Waals surface area (Å²) in [7, 11) is 0. The molecule has 1 aliphatic carbocycles. The molecule has 0 atom stereocenters. The maximum atomic E-state index is 12.7. The van der Waals surface area contributed by atoms with Crippen LogP contribution in [0.2, 0.25) is 0 Å². The average Bonchev–Trinajstić information content (AvgIpc) is 3.11. The molecule has 6 nitrogen and oxygen atoms in total. The lowest BCUT2D eigenvalue weighted by Crippen LogP contribution is -2.41. The van der Waals surface area contributed by atoms with Gasteiger partial charge in [-0.1, -0.05) is 42.3 Å². The number of hydrogen-bond acceptors (Lipinski definition) is 4. The van der Waals surface area contributed by atoms with Crippen LogP contribution in [0.1, 0.15) is 55.6 Å². The second kappa shape index (κ2) is 7.26. The SMILES string of the molecule is Cc1ccc(C2(c3nnc4c(C(C)(C)C(=O)NCCO)cccn34)CCC2)cc1. The first-order valence-corrected chi connectivity index (χ1v) is 10.2. The van der Waals surface area contributed by atoms with E-state index < -0.39 is 5.41 Å². The predicted molar refractivity (Wildman–Crippen MR) is 112 cm³/mol. The fourth-order valence-corrected chi connectivity index (χ4v) is 4.29. The van der Waals surface area contributed by atoms with Gasteiger partial charge in [-0.15, -0.1) is 10.2 Å². The first kappa shape index (κ1) is 19.6. The van der Waals surface area contributed by atoms with Gasteiger partial charge in [-0.3, -0.25) is 9.20 Å². The third-order valence-corrected chi connectivity index (χ3v) is 6.31. The molecule has 0 unspecified atom stereocenters. The number of amides is 1. The van der Waals surface area contributed by atoms with E-state index in [-0.39, 0.29) is 24.5 Å². The number of carbonyl (C=O) groups excluding carboxylic acids is 1. The summed E-state index contributed by atoms with van der Waals surface area (Å²) in [5.41, 5.74) is 3.13. The number of aliphatic hydroxyl groups excluding tert-OH is 1. The molecule has 2 heterocycles. The maximum absolute atomic E-state index is 12.7. The Morgan fingerprint density at radius 2 is 1.93 bits per heavy atom. The molecule has 4 rings (SSSR count). The number of nitrogens with one attached hydrogen (secondary N) is 1. The minimum Gasteiger partial charge on any atom is -0.395 e. The number of rotatable bonds is 6. The number of aromatic nitrogens is 3. The molecule has 1 aliphatic rings. The van der Waals surface area contributed by atoms with E-state index in [2.05, 4.69) is 51.1 Å². The van der Waals surface area contributed by atoms with Gasteiger partial charge in [-0.2, -0.15) is 0 Å². The summed E-state index contributed by atoms with van der Waals surface area (Å²) in [5.74, 6) is 0.803. The fraction of sp³-hybridized carbons (Fsp3) is 0.435. The summed E-state index contributed by atoms with van der Waals surface area (Å²) in [6.45, 7) is 6.00. The molecule has 0 bridgehead atoms. The average molecular weight is 393 g/mol. The Labute approximate surface area is 171 Å². The van der Waals surface area contributed by atoms with Gasteiger partial charge < -0.3 is 10.4 Å². The van der Waals surface area contributed by atoms with Gasteiger partial charge in [0.15, 0.2) is 5.65 Å². The van der Waals surface area contributed by atoms with Crippen molar-refractivity contribution in [1.29, 1.82) is 0 Å². The van der Waals surface area contributed by atoms with Gasteiger partial charge in [0.25, 0.3) is 0 Å². The third-order valence-electron chi connectivity index (χ3n) is 6.31. The summed E-state index contributed by atoms with van der Waals surface area (Å²) in [4.78, 5) is 12.7. The summed E-state index contributed by atoms with van der Waals surface area (Å²) < 4.78 is 2.05. The topological polar surface area (TPSA) is 79.5 Å². The smallest absolute Gasteiger partial charge is 0.230 e. The van der Waals surface area contributed by atoms with E-state index in [0.29, 0.717) is 5.65 Å². The monoisotopic (exact) mass is 392 g/mol. The lowest BCUT2D eigenvalue weighted by atomic mass is 9.63. The molecule has 152 valence electrons. The van der Waals surface area contributed by atoms with Crippen LogP contribution in [0.4, 0.5) is 0 Å². The van der Waals surface area contributed by atoms with Crippen LogP contribution in [-0.2, 0) is 15.6 Å². The Bertz CT molecular complexity index is 1030. The zero-order valence-corrected chi connectivity index (χ0v) is 17.3. The van der Waals surface area contributed by atoms with Gasteiger partial charge in [0.2, 0.25) is 5.91 Å². The molecule has 0 spiro atoms. The lowest BCUT2D eigenvalue weighted by Gasteiger charge is -2.41. The van der Waals surface area contributed by atoms with Crippen molar-refractivity contribution in [3.63, 3.8) is 0 Å². The first-order valence-electron chi connectivity index (χ1n) is 10.2. The van der Waals surface area contributed by atoms with Gasteiger partial charge in [-0.05, 0) is 45.2 Å². The molecular weight excluding hydrogens is 364 g/mol. The molecule has 6 heteroatoms. The van der Waals surface area contributed by atoms with Crippen LogP contribution in [0.5, 0.6) is 0 Å². The molecule has 0 radical (unpaired) electrons. The summed E-state index contributed by atoms with van der Waals surface area (Å²) in [6, 6.07) is 12.6. The molecule has 1 amide bonds. The number of carbonyl (C=O) groups is 1. The highest BCUT2D eigenvalue weighted by atomic mass is 16.3. The normalized spacial score (nSPS) is 15.9. The Morgan fingerprint density at radius 1 is 1.21 bits per heavy atom. The first-order chi connectivity index (χ1) is 13.9. The number of nitrogens with zero attached hydrogens (tertiary/aromatic N) is 3. The maximum Gasteiger partial charge on any atom is 0.230 e. The molecule has 1 fully saturated rings. The van der Waals surface area contributed by atoms with E-state index in [4.69, 9.17) is 5.11 Å². The van der Waals surface area contributed by atoms with Gasteiger partial charge >= 0.3 is 0 Å². The van der Waals surface area contributed by atoms with Crippen LogP contribution < -0.4 is 5.32 Å². The highest BCUT2D eigenvalue weighted by molar-refractivity contribution is 5.89. The van der Waals surface area contributed by atoms with Crippen LogP contribution >= 0.6 is 0 Å². The summed E-state index contributed by atoms with van der Waals surface area (Å²) in [5, 5.41) is 21.0. The Hall–Kier alpha value is -2.73. The van der Waals surface area contributed by atoms with Gasteiger partial charge in [0.1, 0.15) is 5.82 Å². The summed E-state index contributed by atoms with van der Waals surface area (Å²) in [6.07, 6.45) is 5.24. The largest absolute Gasteiger partial charge is 0.395 e. The van der Waals surface area contributed by atoms with Crippen molar-refractivity contribution >= 4 is 11.6 Å². The molecule has 0 saturated heterocycles. The lowest BCUT2D eigenvalue weighted by molar-refractivity contribution is -0.125. The molecule has 0 aliphatic heterocycles. The Balaban J connectivity index is 1.80. The zero-order valence-electron chi connectivity index (χ0n) is 17.3. The molecule has 2 N–H and O–H groups in total. The second-order valence-electron chi connectivity index (χ2n) is 8.55. The molecular formula is C23H28N4O2. The highest BCUT2D eigenvalue weighted by Gasteiger charge is 2.44. The number of fused-ring (bicyclic) bond motifs is 1. The van der Waals surface area contributed by atoms with Crippen molar-refractivity contribution in [1.82, 2.24) is 19.9 Å². The van der Waals surface area contributed by atoms with Crippen molar-refractivity contribution in [2.75, 3.05) is 13.2 Å². The minimum absolute atomic E-state index is 0.0832. The second-order valence-corrected chi connectivity index (χ2v) is 8.55. The molecule has 1 saturated carbocycles. The number of hydrogen-bond donors (Lipinski definition) is 2. The molecule has 3 aromatic rings. The van der Waals surface area contributed by atoms with Crippen LogP contribution in [0.3, 0.4) is 0 Å². The number of pyridine rings is 1. The van der Waals surface area contributed by atoms with E-state index in [1.54, 1.807) is 0 Å². The fourth-order valence-electron chi connectivity index (χ4n) is 4.29. The van der Waals surface area contributed by atoms with Crippen molar-refractivity contribution in [3.05, 3.63) is 65.1 Å². The van der Waals surface area contributed by atoms with Crippen LogP contribution in [0.25, 0.3) is 5.65 Å². The van der Waals surface area contributed by atoms with Gasteiger partial charge in [0, 0.05) is 18.3 Å². The number of aryl methyl sites for hydroxylation is 1. The van der Waals surface area contributed by atoms with E-state index in [1.807, 2.05) is 32.2 Å². The van der Waals surface area contributed by atoms with E-state index >= 15 is 0 Å². The third kappa shape index (κ3) is 3.12. The van der Waals surface area contributed by atoms with Crippen LogP contribution in [0.15, 0.2) is 42.6 Å². The van der Waals surface area contributed by atoms with Gasteiger partial charge in [-0.25, -0.2) is 0 Å². The summed E-state index contributed by atoms with van der Waals surface area (Å²) >= 11 is 0. The molecule has 2 aromatic heterocycles. The molecule has 29 heavy (non-hydrogen) atoms. The van der Waals surface area contributed by atoms with Gasteiger partial charge in [0.05, 0.1) is 17.4 Å². The number of aliphatic hydroxyl groups is 1. The standard InChI is InChI=1S/C23H28N4O2/c1-16-7-9-17(10-8-16)23(11-5-12-23)20-26-25-19-18(6-4-14-27(19)20)22(2,3)21(29)24-13-15-28/h4,6-10,14,28H,5,11-13,15H2,1-3H3,(H,24,29). The Kier molecular flexibility index (Phi) is 4.90. The van der Waals surface area contributed by atoms with Crippen LogP contribution in [0, 0.1) is 6.92 Å². The zero-order chi connectivity index (χ0) is 20.6. The van der Waals surface area contributed by atoms with Crippen LogP contribution in [-0.4, -0.2) is 38.8 Å². The van der Waals surface area contributed by atoms with E-state index in [0.717, 1.165) is 30.7 Å². The number of benzene rings is 1.